The number of nitrogens with one attached hydrogen (secondary N) is 1. The normalized spacial score (nSPS) is 11.6. The summed E-state index contributed by atoms with van der Waals surface area (Å²) >= 11 is 0. The molecule has 12 nitrogen and oxygen atoms in total. The summed E-state index contributed by atoms with van der Waals surface area (Å²) in [4.78, 5) is 21.1. The molecule has 0 aliphatic rings. The molecule has 594 valence electrons. The number of benzene rings is 18. The van der Waals surface area contributed by atoms with Crippen LogP contribution < -0.4 is 19.9 Å². The van der Waals surface area contributed by atoms with E-state index in [-0.39, 0.29) is 24.6 Å². The molecule has 0 atom stereocenters. The second kappa shape index (κ2) is 31.4. The topological polar surface area (TPSA) is 132 Å². The largest absolute Gasteiger partial charge is 1.00 e. The molecule has 0 bridgehead atoms. The van der Waals surface area contributed by atoms with Crippen LogP contribution in [0.25, 0.3) is 198 Å². The van der Waals surface area contributed by atoms with Gasteiger partial charge in [0, 0.05) is 141 Å². The number of furan rings is 3. The molecule has 18 aromatic carbocycles. The minimum atomic E-state index is 0. The molecule has 0 unspecified atom stereocenters. The molecule has 1 N–H and O–H groups in total. The van der Waals surface area contributed by atoms with Gasteiger partial charge >= 0.3 is 0 Å². The van der Waals surface area contributed by atoms with Gasteiger partial charge in [-0.2, -0.15) is 0 Å². The van der Waals surface area contributed by atoms with Crippen LogP contribution >= 0.6 is 0 Å². The predicted molar refractivity (Wildman–Crippen MR) is 521 cm³/mol. The van der Waals surface area contributed by atoms with E-state index in [0.717, 1.165) is 155 Å². The third-order valence-electron chi connectivity index (χ3n) is 24.5. The van der Waals surface area contributed by atoms with E-state index < -0.39 is 0 Å². The molecule has 0 saturated heterocycles. The first-order valence-corrected chi connectivity index (χ1v) is 42.2. The number of H-pyrrole nitrogens is 1. The first-order valence-electron chi connectivity index (χ1n) is 42.2. The van der Waals surface area contributed by atoms with E-state index in [1.165, 1.54) is 65.3 Å². The van der Waals surface area contributed by atoms with Gasteiger partial charge in [-0.25, -0.2) is 15.0 Å². The van der Waals surface area contributed by atoms with Crippen molar-refractivity contribution in [3.63, 3.8) is 0 Å². The molecule has 13 heteroatoms. The fourth-order valence-corrected chi connectivity index (χ4v) is 18.9. The number of hydrogen-bond donors (Lipinski definition) is 0. The van der Waals surface area contributed by atoms with Crippen LogP contribution in [0.3, 0.4) is 0 Å². The molecule has 8 aromatic heterocycles. The molecule has 0 fully saturated rings. The van der Waals surface area contributed by atoms with Crippen molar-refractivity contribution in [3.05, 3.63) is 431 Å². The average Bonchev–Trinajstić information content (AvgIpc) is 1.64. The predicted octanol–water partition coefficient (Wildman–Crippen LogP) is 29.2. The number of fused-ring (bicyclic) bond motifs is 19. The monoisotopic (exact) mass is 1620 g/mol. The van der Waals surface area contributed by atoms with Gasteiger partial charge in [0.05, 0.1) is 22.1 Å². The number of aromatic nitrogens is 6. The van der Waals surface area contributed by atoms with Crippen molar-refractivity contribution < 1.29 is 23.3 Å². The molecule has 0 aliphatic heterocycles. The summed E-state index contributed by atoms with van der Waals surface area (Å²) in [6, 6.07) is 143. The van der Waals surface area contributed by atoms with Crippen molar-refractivity contribution in [2.45, 2.75) is 0 Å². The van der Waals surface area contributed by atoms with Gasteiger partial charge < -0.3 is 56.2 Å². The number of rotatable bonds is 11. The Morgan fingerprint density at radius 2 is 0.717 bits per heavy atom. The quantitative estimate of drug-likeness (QED) is 0.0917. The van der Waals surface area contributed by atoms with Gasteiger partial charge in [0.1, 0.15) is 45.5 Å². The van der Waals surface area contributed by atoms with Crippen LogP contribution in [0.5, 0.6) is 5.75 Å². The van der Waals surface area contributed by atoms with Crippen molar-refractivity contribution in [1.29, 1.82) is 0 Å². The smallest absolute Gasteiger partial charge is 0.202 e. The summed E-state index contributed by atoms with van der Waals surface area (Å²) in [6.45, 7) is 0. The van der Waals surface area contributed by atoms with E-state index >= 15 is 0 Å². The van der Waals surface area contributed by atoms with Crippen LogP contribution in [0.4, 0.5) is 34.1 Å². The first kappa shape index (κ1) is 75.4. The summed E-state index contributed by atoms with van der Waals surface area (Å²) < 4.78 is 24.6. The molecule has 0 saturated carbocycles. The summed E-state index contributed by atoms with van der Waals surface area (Å²) in [5.41, 5.74) is 26.0. The summed E-state index contributed by atoms with van der Waals surface area (Å²) in [7, 11) is 0. The Morgan fingerprint density at radius 3 is 1.23 bits per heavy atom. The van der Waals surface area contributed by atoms with Gasteiger partial charge in [0.2, 0.25) is 5.52 Å². The minimum absolute atomic E-state index is 0. The summed E-state index contributed by atoms with van der Waals surface area (Å²) in [5.74, 6) is 0.0445. The van der Waals surface area contributed by atoms with Crippen LogP contribution in [0.2, 0.25) is 0 Å². The van der Waals surface area contributed by atoms with Crippen molar-refractivity contribution in [2.24, 2.45) is 0 Å². The molecule has 0 aliphatic carbocycles. The molecule has 26 aromatic rings. The van der Waals surface area contributed by atoms with Crippen LogP contribution in [0.15, 0.2) is 445 Å². The van der Waals surface area contributed by atoms with Gasteiger partial charge in [-0.3, -0.25) is 4.98 Å². The third-order valence-corrected chi connectivity index (χ3v) is 24.5. The zero-order valence-electron chi connectivity index (χ0n) is 68.8. The fraction of sp³-hybridized carbons (Fsp3) is 0. The number of pyridine rings is 2. The number of para-hydroxylation sites is 8. The Bertz CT molecular complexity index is 8380. The second-order valence-electron chi connectivity index (χ2n) is 31.8. The van der Waals surface area contributed by atoms with E-state index in [1.54, 1.807) is 24.7 Å². The Hall–Kier alpha value is -16.6. The van der Waals surface area contributed by atoms with Crippen molar-refractivity contribution in [3.8, 4) is 50.6 Å². The first-order chi connectivity index (χ1) is 62.4. The average molecular weight is 1620 g/mol. The molecule has 26 rings (SSSR count). The standard InChI is InChI=1S/C70H44N4O2.C35H21N3O.C9H7NO.Li/c1-5-17-47(18-6-1)71(51-29-33-57-55-25-13-15-27-63(55)73(65(57)41-51)49-21-9-3-10-22-49)53-31-35-59-61-37-45-40-68-62(38-46(45)39-67(61)75-69(59)43-53)60-36-32-54(44-70(60)76-68)72(48-19-7-2-8-20-48)52-30-34-58-56-26-14-16-28-64(56)74(66(58)42-52)50-23-11-4-12-24-50;1-3-11-27-25(9-1)31(26-10-2-4-12-28(26)32(27)24-8-7-19-36-20-24)22-15-17-23(18-16-22)33-35-34(38-21-37-33)29-13-5-6-14-30(29)39-35;11-8-5-1-3-7-4-2-6-10-9(7)8;/h1-44H;1-21H;1-6,11H;/q;;;-1. The second-order valence-corrected chi connectivity index (χ2v) is 31.8. The van der Waals surface area contributed by atoms with Gasteiger partial charge in [-0.1, -0.05) is 224 Å². The molecule has 127 heavy (non-hydrogen) atoms. The van der Waals surface area contributed by atoms with Gasteiger partial charge in [0.15, 0.2) is 11.8 Å². The Labute approximate surface area is 739 Å². The summed E-state index contributed by atoms with van der Waals surface area (Å²) in [6.07, 6.45) is 7.14. The van der Waals surface area contributed by atoms with Crippen LogP contribution in [0, 0.1) is 0 Å². The third kappa shape index (κ3) is 13.0. The van der Waals surface area contributed by atoms with Gasteiger partial charge in [0.25, 0.3) is 0 Å². The van der Waals surface area contributed by atoms with E-state index in [0.29, 0.717) is 11.1 Å². The molecular formula is C114H72LiN8O4-. The Kier molecular flexibility index (Phi) is 18.6. The fourth-order valence-electron chi connectivity index (χ4n) is 18.9. The molecular weight excluding hydrogens is 1550 g/mol. The Morgan fingerprint density at radius 1 is 0.283 bits per heavy atom. The maximum absolute atomic E-state index is 11.1. The maximum Gasteiger partial charge on any atom is 0.202 e. The molecule has 0 spiro atoms. The summed E-state index contributed by atoms with van der Waals surface area (Å²) in [5, 5.41) is 29.3. The molecule has 2 radical (unpaired) electrons. The van der Waals surface area contributed by atoms with Crippen LogP contribution in [-0.2, 0) is 0 Å². The van der Waals surface area contributed by atoms with Crippen LogP contribution in [-0.4, -0.2) is 42.9 Å². The molecule has 0 amide bonds. The van der Waals surface area contributed by atoms with E-state index in [1.807, 2.05) is 60.9 Å². The Balaban J connectivity index is 0.000000150. The van der Waals surface area contributed by atoms with Crippen molar-refractivity contribution >= 4 is 206 Å². The molecule has 8 heterocycles. The number of anilines is 6. The zero-order valence-corrected chi connectivity index (χ0v) is 68.8. The van der Waals surface area contributed by atoms with Crippen LogP contribution in [0.1, 0.15) is 0 Å². The SMILES string of the molecule is [Li-].[O-]c1cccc2ccc[nH+]c12.c1ccc(N(c2ccc3c(c2)oc2cc4cc5c(cc4cc23)oc2cc(N(c3ccccc3)c3ccc4c6ccccc6n(-c6ccccc6)c4c3)ccc25)c2ccc3c4ccccc4n(-c4ccccc4)c3c2)cc1.c1cncc(-c2c3ccccc3c(-c3ccc(-c4ncnc5c4oc4ccccc45)cc3)c3ccccc23)c1. The van der Waals surface area contributed by atoms with Gasteiger partial charge in [-0.05, 0) is 219 Å². The van der Waals surface area contributed by atoms with E-state index in [4.69, 9.17) is 13.3 Å². The maximum atomic E-state index is 11.1. The van der Waals surface area contributed by atoms with E-state index in [9.17, 15) is 5.11 Å². The van der Waals surface area contributed by atoms with Crippen molar-refractivity contribution in [2.75, 3.05) is 9.80 Å². The van der Waals surface area contributed by atoms with Gasteiger partial charge in [-0.15, -0.1) is 0 Å². The van der Waals surface area contributed by atoms with E-state index in [2.05, 4.69) is 385 Å². The number of nitrogens with zero attached hydrogens (tertiary/aromatic N) is 7. The van der Waals surface area contributed by atoms with Crippen molar-refractivity contribution in [1.82, 2.24) is 24.1 Å². The number of hydrogen-bond acceptors (Lipinski definition) is 9. The zero-order chi connectivity index (χ0) is 83.3. The number of aromatic amines is 1. The minimum Gasteiger partial charge on any atom is -1.00 e.